The van der Waals surface area contributed by atoms with Crippen LogP contribution in [-0.4, -0.2) is 9.96 Å². The van der Waals surface area contributed by atoms with Crippen LogP contribution in [0.2, 0.25) is 0 Å². The molecule has 0 N–H and O–H groups in total. The van der Waals surface area contributed by atoms with E-state index in [4.69, 9.17) is 5.26 Å². The lowest BCUT2D eigenvalue weighted by Crippen LogP contribution is -2.01. The number of rotatable bonds is 5. The molecule has 0 amide bonds. The van der Waals surface area contributed by atoms with Gasteiger partial charge >= 0.3 is 0 Å². The lowest BCUT2D eigenvalue weighted by Gasteiger charge is -2.06. The van der Waals surface area contributed by atoms with Crippen molar-refractivity contribution in [3.05, 3.63) is 48.0 Å². The van der Waals surface area contributed by atoms with Gasteiger partial charge in [0.25, 0.3) is 0 Å². The fourth-order valence-corrected chi connectivity index (χ4v) is 3.19. The number of benzene rings is 2. The zero-order chi connectivity index (χ0) is 12.8. The summed E-state index contributed by atoms with van der Waals surface area (Å²) in [5.74, 6) is 1.18. The highest BCUT2D eigenvalue weighted by Crippen LogP contribution is 2.19. The Labute approximate surface area is 110 Å². The fourth-order valence-electron chi connectivity index (χ4n) is 1.98. The van der Waals surface area contributed by atoms with Crippen LogP contribution in [0.5, 0.6) is 0 Å². The highest BCUT2D eigenvalue weighted by atomic mass is 32.2. The van der Waals surface area contributed by atoms with E-state index in [0.717, 1.165) is 5.56 Å². The lowest BCUT2D eigenvalue weighted by atomic mass is 10.1. The third-order valence-corrected chi connectivity index (χ3v) is 4.23. The molecule has 0 saturated carbocycles. The number of hydrogen-bond acceptors (Lipinski definition) is 2. The van der Waals surface area contributed by atoms with Gasteiger partial charge in [-0.25, -0.2) is 0 Å². The Morgan fingerprint density at radius 2 is 1.89 bits per heavy atom. The van der Waals surface area contributed by atoms with E-state index in [0.29, 0.717) is 24.3 Å². The van der Waals surface area contributed by atoms with Crippen LogP contribution in [-0.2, 0) is 16.6 Å². The molecule has 0 aliphatic heterocycles. The molecule has 0 aliphatic carbocycles. The molecule has 3 heteroatoms. The fraction of sp³-hybridized carbons (Fsp3) is 0.267. The van der Waals surface area contributed by atoms with Gasteiger partial charge in [0.1, 0.15) is 0 Å². The summed E-state index contributed by atoms with van der Waals surface area (Å²) in [5, 5.41) is 10.8. The molecule has 0 bridgehead atoms. The Balaban J connectivity index is 2.12. The topological polar surface area (TPSA) is 40.9 Å². The minimum Gasteiger partial charge on any atom is -0.259 e. The third-order valence-electron chi connectivity index (χ3n) is 2.86. The average Bonchev–Trinajstić information content (AvgIpc) is 2.39. The second-order valence-electron chi connectivity index (χ2n) is 4.19. The first-order valence-corrected chi connectivity index (χ1v) is 7.48. The maximum Gasteiger partial charge on any atom is 0.0622 e. The van der Waals surface area contributed by atoms with Crippen molar-refractivity contribution in [2.75, 3.05) is 5.75 Å². The number of fused-ring (bicyclic) bond motifs is 1. The molecule has 0 spiro atoms. The molecule has 1 atom stereocenters. The standard InChI is InChI=1S/C15H15NOS/c16-10-3-4-11-18(17)12-14-8-5-7-13-6-1-2-9-15(13)14/h1-2,5-9H,3-4,11-12H2. The molecular weight excluding hydrogens is 242 g/mol. The minimum absolute atomic E-state index is 0.487. The summed E-state index contributed by atoms with van der Waals surface area (Å²) in [7, 11) is -0.880. The summed E-state index contributed by atoms with van der Waals surface area (Å²) < 4.78 is 11.9. The van der Waals surface area contributed by atoms with Crippen LogP contribution < -0.4 is 0 Å². The first kappa shape index (κ1) is 12.8. The maximum absolute atomic E-state index is 11.9. The monoisotopic (exact) mass is 257 g/mol. The highest BCUT2D eigenvalue weighted by molar-refractivity contribution is 7.84. The summed E-state index contributed by atoms with van der Waals surface area (Å²) in [6, 6.07) is 16.3. The van der Waals surface area contributed by atoms with Crippen LogP contribution in [0.3, 0.4) is 0 Å². The van der Waals surface area contributed by atoms with Gasteiger partial charge in [0.15, 0.2) is 0 Å². The van der Waals surface area contributed by atoms with E-state index in [1.807, 2.05) is 24.3 Å². The summed E-state index contributed by atoms with van der Waals surface area (Å²) in [6.07, 6.45) is 1.20. The largest absolute Gasteiger partial charge is 0.259 e. The molecule has 0 aliphatic rings. The van der Waals surface area contributed by atoms with Gasteiger partial charge < -0.3 is 0 Å². The van der Waals surface area contributed by atoms with Gasteiger partial charge in [-0.2, -0.15) is 5.26 Å². The molecule has 1 unspecified atom stereocenters. The first-order valence-electron chi connectivity index (χ1n) is 6.00. The Morgan fingerprint density at radius 1 is 1.11 bits per heavy atom. The molecule has 92 valence electrons. The number of nitriles is 1. The quantitative estimate of drug-likeness (QED) is 0.770. The van der Waals surface area contributed by atoms with Gasteiger partial charge in [0.2, 0.25) is 0 Å². The van der Waals surface area contributed by atoms with Gasteiger partial charge in [0, 0.05) is 28.7 Å². The molecule has 0 saturated heterocycles. The van der Waals surface area contributed by atoms with Crippen molar-refractivity contribution in [1.29, 1.82) is 5.26 Å². The molecule has 2 aromatic carbocycles. The van der Waals surface area contributed by atoms with E-state index in [1.54, 1.807) is 0 Å². The summed E-state index contributed by atoms with van der Waals surface area (Å²) in [5.41, 5.74) is 1.13. The predicted molar refractivity (Wildman–Crippen MR) is 75.5 cm³/mol. The van der Waals surface area contributed by atoms with Gasteiger partial charge in [0.05, 0.1) is 6.07 Å². The van der Waals surface area contributed by atoms with E-state index in [9.17, 15) is 4.21 Å². The van der Waals surface area contributed by atoms with Crippen molar-refractivity contribution in [2.24, 2.45) is 0 Å². The minimum atomic E-state index is -0.880. The van der Waals surface area contributed by atoms with Crippen molar-refractivity contribution in [3.63, 3.8) is 0 Å². The van der Waals surface area contributed by atoms with Gasteiger partial charge in [-0.05, 0) is 22.8 Å². The first-order chi connectivity index (χ1) is 8.81. The van der Waals surface area contributed by atoms with E-state index in [2.05, 4.69) is 24.3 Å². The average molecular weight is 257 g/mol. The zero-order valence-electron chi connectivity index (χ0n) is 10.1. The SMILES string of the molecule is N#CCCCS(=O)Cc1cccc2ccccc12. The zero-order valence-corrected chi connectivity index (χ0v) is 11.0. The van der Waals surface area contributed by atoms with Crippen molar-refractivity contribution in [1.82, 2.24) is 0 Å². The summed E-state index contributed by atoms with van der Waals surface area (Å²) >= 11 is 0. The summed E-state index contributed by atoms with van der Waals surface area (Å²) in [4.78, 5) is 0. The molecule has 0 heterocycles. The van der Waals surface area contributed by atoms with Crippen molar-refractivity contribution < 1.29 is 4.21 Å². The molecule has 18 heavy (non-hydrogen) atoms. The molecular formula is C15H15NOS. The van der Waals surface area contributed by atoms with E-state index in [-0.39, 0.29) is 0 Å². The molecule has 0 aromatic heterocycles. The van der Waals surface area contributed by atoms with Gasteiger partial charge in [-0.1, -0.05) is 42.5 Å². The van der Waals surface area contributed by atoms with E-state index < -0.39 is 10.8 Å². The van der Waals surface area contributed by atoms with E-state index >= 15 is 0 Å². The normalized spacial score (nSPS) is 12.2. The van der Waals surface area contributed by atoms with E-state index in [1.165, 1.54) is 10.8 Å². The molecule has 2 nitrogen and oxygen atoms in total. The maximum atomic E-state index is 11.9. The number of unbranched alkanes of at least 4 members (excludes halogenated alkanes) is 1. The van der Waals surface area contributed by atoms with Crippen LogP contribution >= 0.6 is 0 Å². The molecule has 0 fully saturated rings. The van der Waals surface area contributed by atoms with Crippen LogP contribution in [0.1, 0.15) is 18.4 Å². The van der Waals surface area contributed by atoms with Crippen molar-refractivity contribution in [2.45, 2.75) is 18.6 Å². The third kappa shape index (κ3) is 3.18. The molecule has 0 radical (unpaired) electrons. The Hall–Kier alpha value is -1.66. The van der Waals surface area contributed by atoms with Crippen molar-refractivity contribution in [3.8, 4) is 6.07 Å². The predicted octanol–water partition coefficient (Wildman–Crippen LogP) is 3.39. The van der Waals surface area contributed by atoms with Crippen LogP contribution in [0.4, 0.5) is 0 Å². The molecule has 2 rings (SSSR count). The van der Waals surface area contributed by atoms with Crippen LogP contribution in [0, 0.1) is 11.3 Å². The molecule has 2 aromatic rings. The second kappa shape index (κ2) is 6.32. The van der Waals surface area contributed by atoms with Gasteiger partial charge in [-0.3, -0.25) is 4.21 Å². The van der Waals surface area contributed by atoms with Gasteiger partial charge in [-0.15, -0.1) is 0 Å². The lowest BCUT2D eigenvalue weighted by molar-refractivity contribution is 0.680. The Bertz CT molecular complexity index is 595. The Kier molecular flexibility index (Phi) is 4.49. The smallest absolute Gasteiger partial charge is 0.0622 e. The number of hydrogen-bond donors (Lipinski definition) is 0. The second-order valence-corrected chi connectivity index (χ2v) is 5.76. The number of nitrogens with zero attached hydrogens (tertiary/aromatic N) is 1. The van der Waals surface area contributed by atoms with Crippen LogP contribution in [0.25, 0.3) is 10.8 Å². The summed E-state index contributed by atoms with van der Waals surface area (Å²) in [6.45, 7) is 0. The highest BCUT2D eigenvalue weighted by Gasteiger charge is 2.05. The Morgan fingerprint density at radius 3 is 2.72 bits per heavy atom. The van der Waals surface area contributed by atoms with Crippen molar-refractivity contribution >= 4 is 21.6 Å². The van der Waals surface area contributed by atoms with Crippen LogP contribution in [0.15, 0.2) is 42.5 Å².